The van der Waals surface area contributed by atoms with Crippen LogP contribution in [0, 0.1) is 47.3 Å². The zero-order valence-corrected chi connectivity index (χ0v) is 21.2. The second-order valence-corrected chi connectivity index (χ2v) is 12.7. The average molecular weight is 455 g/mol. The third kappa shape index (κ3) is 2.62. The fourth-order valence-corrected chi connectivity index (χ4v) is 9.23. The quantitative estimate of drug-likeness (QED) is 0.513. The first-order valence-electron chi connectivity index (χ1n) is 12.8. The van der Waals surface area contributed by atoms with Gasteiger partial charge < -0.3 is 20.4 Å². The minimum atomic E-state index is -1.25. The van der Waals surface area contributed by atoms with Crippen molar-refractivity contribution in [2.24, 2.45) is 33.5 Å². The Kier molecular flexibility index (Phi) is 5.11. The van der Waals surface area contributed by atoms with Crippen LogP contribution in [-0.4, -0.2) is 45.3 Å². The summed E-state index contributed by atoms with van der Waals surface area (Å²) in [6, 6.07) is 4.55. The maximum atomic E-state index is 11.5. The molecule has 0 heterocycles. The Morgan fingerprint density at radius 1 is 0.939 bits per heavy atom. The molecule has 4 aliphatic carbocycles. The molecule has 4 aliphatic rings. The highest BCUT2D eigenvalue weighted by Crippen LogP contribution is 2.73. The van der Waals surface area contributed by atoms with E-state index in [1.165, 1.54) is 27.8 Å². The van der Waals surface area contributed by atoms with Gasteiger partial charge in [0.05, 0.1) is 18.8 Å². The number of aliphatic hydroxyl groups excluding tert-OH is 4. The lowest BCUT2D eigenvalue weighted by Gasteiger charge is -2.70. The smallest absolute Gasteiger partial charge is 0.107 e. The van der Waals surface area contributed by atoms with Crippen LogP contribution in [0.25, 0.3) is 5.57 Å². The summed E-state index contributed by atoms with van der Waals surface area (Å²) in [7, 11) is 0. The van der Waals surface area contributed by atoms with Gasteiger partial charge in [-0.05, 0) is 96.4 Å². The standard InChI is InChI=1S/C29H42O4/c1-16-7-8-18-11-13-27(4)19(22(18)17(16)2)9-10-21-28(27,5)14-12-20-26(3,15-30)24(32)23(31)25(33)29(20,21)6/h7-9,20-21,23-25,30-33H,10-15H2,1-6H3/t20-,21-,23-,24+,25+,26-,27+,28+,29-/m0/s1. The monoisotopic (exact) mass is 454 g/mol. The van der Waals surface area contributed by atoms with Crippen molar-refractivity contribution in [3.05, 3.63) is 40.5 Å². The number of hydrogen-bond acceptors (Lipinski definition) is 4. The van der Waals surface area contributed by atoms with Gasteiger partial charge >= 0.3 is 0 Å². The molecule has 0 radical (unpaired) electrons. The number of aryl methyl sites for hydroxylation is 2. The normalized spacial score (nSPS) is 48.8. The Labute approximate surface area is 198 Å². The molecule has 5 rings (SSSR count). The molecule has 0 bridgehead atoms. The molecule has 182 valence electrons. The predicted octanol–water partition coefficient (Wildman–Crippen LogP) is 4.18. The Morgan fingerprint density at radius 2 is 1.64 bits per heavy atom. The summed E-state index contributed by atoms with van der Waals surface area (Å²) in [6.07, 6.45) is 3.87. The van der Waals surface area contributed by atoms with Crippen LogP contribution >= 0.6 is 0 Å². The molecule has 0 aromatic heterocycles. The second-order valence-electron chi connectivity index (χ2n) is 12.7. The summed E-state index contributed by atoms with van der Waals surface area (Å²) < 4.78 is 0. The van der Waals surface area contributed by atoms with Crippen LogP contribution in [0.4, 0.5) is 0 Å². The van der Waals surface area contributed by atoms with E-state index in [0.29, 0.717) is 0 Å². The molecule has 2 saturated carbocycles. The van der Waals surface area contributed by atoms with E-state index in [-0.39, 0.29) is 29.3 Å². The van der Waals surface area contributed by atoms with Crippen molar-refractivity contribution in [3.8, 4) is 0 Å². The molecule has 1 aromatic carbocycles. The van der Waals surface area contributed by atoms with Crippen molar-refractivity contribution in [2.45, 2.75) is 92.0 Å². The van der Waals surface area contributed by atoms with Crippen molar-refractivity contribution < 1.29 is 20.4 Å². The van der Waals surface area contributed by atoms with E-state index in [1.54, 1.807) is 0 Å². The largest absolute Gasteiger partial charge is 0.396 e. The van der Waals surface area contributed by atoms with Crippen molar-refractivity contribution in [2.75, 3.05) is 6.61 Å². The Balaban J connectivity index is 1.68. The molecule has 0 amide bonds. The minimum Gasteiger partial charge on any atom is -0.396 e. The van der Waals surface area contributed by atoms with Gasteiger partial charge in [-0.1, -0.05) is 45.9 Å². The fraction of sp³-hybridized carbons (Fsp3) is 0.724. The third-order valence-corrected chi connectivity index (χ3v) is 11.7. The lowest BCUT2D eigenvalue weighted by atomic mass is 9.34. The first-order chi connectivity index (χ1) is 15.4. The van der Waals surface area contributed by atoms with E-state index >= 15 is 0 Å². The maximum absolute atomic E-state index is 11.5. The highest BCUT2D eigenvalue weighted by atomic mass is 16.4. The molecule has 4 nitrogen and oxygen atoms in total. The zero-order valence-electron chi connectivity index (χ0n) is 21.2. The molecule has 0 aliphatic heterocycles. The molecular weight excluding hydrogens is 412 g/mol. The molecule has 4 N–H and O–H groups in total. The lowest BCUT2D eigenvalue weighted by molar-refractivity contribution is -0.283. The van der Waals surface area contributed by atoms with E-state index < -0.39 is 29.1 Å². The van der Waals surface area contributed by atoms with Gasteiger partial charge in [-0.25, -0.2) is 0 Å². The van der Waals surface area contributed by atoms with Gasteiger partial charge in [0.2, 0.25) is 0 Å². The van der Waals surface area contributed by atoms with Gasteiger partial charge in [-0.15, -0.1) is 0 Å². The minimum absolute atomic E-state index is 0.0220. The van der Waals surface area contributed by atoms with Crippen molar-refractivity contribution >= 4 is 5.57 Å². The molecule has 0 unspecified atom stereocenters. The topological polar surface area (TPSA) is 80.9 Å². The number of hydrogen-bond donors (Lipinski definition) is 4. The van der Waals surface area contributed by atoms with E-state index in [0.717, 1.165) is 32.1 Å². The zero-order chi connectivity index (χ0) is 24.1. The van der Waals surface area contributed by atoms with Crippen molar-refractivity contribution in [3.63, 3.8) is 0 Å². The molecule has 4 heteroatoms. The number of aliphatic hydroxyl groups is 4. The second kappa shape index (κ2) is 7.16. The first kappa shape index (κ1) is 23.5. The van der Waals surface area contributed by atoms with Gasteiger partial charge in [0.25, 0.3) is 0 Å². The molecule has 0 saturated heterocycles. The summed E-state index contributed by atoms with van der Waals surface area (Å²) in [5.74, 6) is 0.104. The van der Waals surface area contributed by atoms with E-state index in [4.69, 9.17) is 0 Å². The van der Waals surface area contributed by atoms with Crippen LogP contribution in [0.3, 0.4) is 0 Å². The molecule has 33 heavy (non-hydrogen) atoms. The fourth-order valence-electron chi connectivity index (χ4n) is 9.23. The SMILES string of the molecule is Cc1ccc2c(c1C)C1=CC[C@@H]3[C@@]4(C)[C@H](O)[C@@H](O)[C@@H](O)[C@@](C)(CO)[C@@H]4CC[C@@]3(C)[C@]1(C)CC2. The molecule has 9 atom stereocenters. The van der Waals surface area contributed by atoms with Crippen LogP contribution in [0.15, 0.2) is 18.2 Å². The van der Waals surface area contributed by atoms with E-state index in [9.17, 15) is 20.4 Å². The average Bonchev–Trinajstić information content (AvgIpc) is 2.79. The van der Waals surface area contributed by atoms with Gasteiger partial charge in [0, 0.05) is 10.8 Å². The predicted molar refractivity (Wildman–Crippen MR) is 131 cm³/mol. The van der Waals surface area contributed by atoms with Crippen LogP contribution < -0.4 is 0 Å². The highest BCUT2D eigenvalue weighted by molar-refractivity contribution is 5.79. The maximum Gasteiger partial charge on any atom is 0.107 e. The summed E-state index contributed by atoms with van der Waals surface area (Å²) >= 11 is 0. The number of fused-ring (bicyclic) bond motifs is 7. The summed E-state index contributed by atoms with van der Waals surface area (Å²) in [4.78, 5) is 0. The lowest BCUT2D eigenvalue weighted by Crippen LogP contribution is -2.72. The van der Waals surface area contributed by atoms with Gasteiger partial charge in [-0.2, -0.15) is 0 Å². The van der Waals surface area contributed by atoms with E-state index in [1.807, 2.05) is 6.92 Å². The summed E-state index contributed by atoms with van der Waals surface area (Å²) in [5.41, 5.74) is 5.60. The van der Waals surface area contributed by atoms with Crippen LogP contribution in [-0.2, 0) is 6.42 Å². The van der Waals surface area contributed by atoms with E-state index in [2.05, 4.69) is 52.8 Å². The number of rotatable bonds is 1. The van der Waals surface area contributed by atoms with Crippen molar-refractivity contribution in [1.82, 2.24) is 0 Å². The molecule has 0 spiro atoms. The van der Waals surface area contributed by atoms with Crippen molar-refractivity contribution in [1.29, 1.82) is 0 Å². The Morgan fingerprint density at radius 3 is 2.30 bits per heavy atom. The first-order valence-corrected chi connectivity index (χ1v) is 12.8. The summed E-state index contributed by atoms with van der Waals surface area (Å²) in [5, 5.41) is 43.7. The number of benzene rings is 1. The van der Waals surface area contributed by atoms with Gasteiger partial charge in [0.15, 0.2) is 0 Å². The van der Waals surface area contributed by atoms with Crippen LogP contribution in [0.2, 0.25) is 0 Å². The summed E-state index contributed by atoms with van der Waals surface area (Å²) in [6.45, 7) is 13.1. The Hall–Kier alpha value is -1.20. The number of allylic oxidation sites excluding steroid dienone is 2. The van der Waals surface area contributed by atoms with Gasteiger partial charge in [0.1, 0.15) is 6.10 Å². The van der Waals surface area contributed by atoms with Crippen LogP contribution in [0.5, 0.6) is 0 Å². The molecule has 2 fully saturated rings. The van der Waals surface area contributed by atoms with Crippen LogP contribution in [0.1, 0.15) is 75.6 Å². The molecule has 1 aromatic rings. The van der Waals surface area contributed by atoms with Gasteiger partial charge in [-0.3, -0.25) is 0 Å². The molecular formula is C29H42O4. The highest BCUT2D eigenvalue weighted by Gasteiger charge is 2.70. The third-order valence-electron chi connectivity index (χ3n) is 11.7. The Bertz CT molecular complexity index is 1020.